The van der Waals surface area contributed by atoms with Crippen molar-refractivity contribution in [1.82, 2.24) is 14.8 Å². The second kappa shape index (κ2) is 6.95. The normalized spacial score (nSPS) is 23.2. The van der Waals surface area contributed by atoms with Crippen LogP contribution in [0, 0.1) is 17.2 Å². The summed E-state index contributed by atoms with van der Waals surface area (Å²) in [7, 11) is 0. The van der Waals surface area contributed by atoms with E-state index >= 15 is 0 Å². The van der Waals surface area contributed by atoms with E-state index in [1.165, 1.54) is 0 Å². The van der Waals surface area contributed by atoms with Crippen molar-refractivity contribution in [1.29, 1.82) is 5.26 Å². The number of H-pyrrole nitrogens is 1. The van der Waals surface area contributed by atoms with Crippen LogP contribution in [0.25, 0.3) is 0 Å². The lowest BCUT2D eigenvalue weighted by Crippen LogP contribution is -2.39. The molecule has 6 nitrogen and oxygen atoms in total. The number of hydrogen-bond acceptors (Lipinski definition) is 4. The maximum atomic E-state index is 12.4. The molecule has 22 heavy (non-hydrogen) atoms. The van der Waals surface area contributed by atoms with Crippen molar-refractivity contribution in [2.45, 2.75) is 19.4 Å². The third-order valence-corrected chi connectivity index (χ3v) is 4.45. The van der Waals surface area contributed by atoms with Crippen LogP contribution >= 0.6 is 0 Å². The van der Waals surface area contributed by atoms with Gasteiger partial charge in [-0.25, -0.2) is 0 Å². The highest BCUT2D eigenvalue weighted by molar-refractivity contribution is 5.79. The zero-order chi connectivity index (χ0) is 15.4. The summed E-state index contributed by atoms with van der Waals surface area (Å²) in [6, 6.07) is 4.00. The van der Waals surface area contributed by atoms with Gasteiger partial charge in [0.15, 0.2) is 0 Å². The van der Waals surface area contributed by atoms with Gasteiger partial charge in [-0.1, -0.05) is 0 Å². The van der Waals surface area contributed by atoms with E-state index < -0.39 is 0 Å². The second-order valence-electron chi connectivity index (χ2n) is 6.05. The highest BCUT2D eigenvalue weighted by atomic mass is 16.5. The Balaban J connectivity index is 1.53. The average molecular weight is 302 g/mol. The molecule has 6 heteroatoms. The van der Waals surface area contributed by atoms with Crippen molar-refractivity contribution in [3.05, 3.63) is 23.5 Å². The molecule has 1 atom stereocenters. The minimum Gasteiger partial charge on any atom is -0.381 e. The van der Waals surface area contributed by atoms with Gasteiger partial charge in [0, 0.05) is 45.5 Å². The van der Waals surface area contributed by atoms with Crippen molar-refractivity contribution in [2.75, 3.05) is 39.4 Å². The molecular formula is C16H22N4O2. The summed E-state index contributed by atoms with van der Waals surface area (Å²) in [6.45, 7) is 5.61. The summed E-state index contributed by atoms with van der Waals surface area (Å²) >= 11 is 0. The van der Waals surface area contributed by atoms with Crippen molar-refractivity contribution in [3.63, 3.8) is 0 Å². The molecule has 1 N–H and O–H groups in total. The maximum absolute atomic E-state index is 12.4. The number of nitrogens with one attached hydrogen (secondary N) is 1. The Kier molecular flexibility index (Phi) is 4.76. The van der Waals surface area contributed by atoms with Gasteiger partial charge >= 0.3 is 0 Å². The van der Waals surface area contributed by atoms with Gasteiger partial charge in [-0.3, -0.25) is 9.69 Å². The molecule has 2 aliphatic heterocycles. The summed E-state index contributed by atoms with van der Waals surface area (Å²) < 4.78 is 5.33. The Bertz CT molecular complexity index is 557. The molecule has 3 heterocycles. The molecule has 0 bridgehead atoms. The topological polar surface area (TPSA) is 72.4 Å². The fourth-order valence-electron chi connectivity index (χ4n) is 3.19. The molecule has 118 valence electrons. The lowest BCUT2D eigenvalue weighted by Gasteiger charge is -2.24. The van der Waals surface area contributed by atoms with E-state index in [-0.39, 0.29) is 11.8 Å². The SMILES string of the molecule is N#Cc1cc(CN2CCCN(C(=O)C3CCOC3)CC2)c[nH]1. The van der Waals surface area contributed by atoms with E-state index in [4.69, 9.17) is 10.00 Å². The first-order chi connectivity index (χ1) is 10.8. The number of rotatable bonds is 3. The predicted molar refractivity (Wildman–Crippen MR) is 80.9 cm³/mol. The summed E-state index contributed by atoms with van der Waals surface area (Å²) in [6.07, 6.45) is 3.75. The lowest BCUT2D eigenvalue weighted by atomic mass is 10.1. The third kappa shape index (κ3) is 3.49. The second-order valence-corrected chi connectivity index (χ2v) is 6.05. The number of nitrogens with zero attached hydrogens (tertiary/aromatic N) is 3. The van der Waals surface area contributed by atoms with Crippen LogP contribution in [0.2, 0.25) is 0 Å². The monoisotopic (exact) mass is 302 g/mol. The van der Waals surface area contributed by atoms with Crippen LogP contribution in [0.3, 0.4) is 0 Å². The molecule has 0 saturated carbocycles. The summed E-state index contributed by atoms with van der Waals surface area (Å²) in [5.74, 6) is 0.321. The van der Waals surface area contributed by atoms with Gasteiger partial charge in [-0.2, -0.15) is 5.26 Å². The van der Waals surface area contributed by atoms with Gasteiger partial charge in [0.25, 0.3) is 0 Å². The van der Waals surface area contributed by atoms with Crippen molar-refractivity contribution in [3.8, 4) is 6.07 Å². The number of aromatic nitrogens is 1. The average Bonchev–Trinajstić information content (AvgIpc) is 3.16. The van der Waals surface area contributed by atoms with Gasteiger partial charge in [0.1, 0.15) is 11.8 Å². The van der Waals surface area contributed by atoms with Crippen LogP contribution in [0.1, 0.15) is 24.1 Å². The fourth-order valence-corrected chi connectivity index (χ4v) is 3.19. The Morgan fingerprint density at radius 2 is 2.32 bits per heavy atom. The largest absolute Gasteiger partial charge is 0.381 e. The zero-order valence-electron chi connectivity index (χ0n) is 12.8. The smallest absolute Gasteiger partial charge is 0.228 e. The van der Waals surface area contributed by atoms with E-state index in [0.29, 0.717) is 18.9 Å². The van der Waals surface area contributed by atoms with Gasteiger partial charge in [-0.05, 0) is 24.5 Å². The molecule has 1 aromatic rings. The molecule has 0 aromatic carbocycles. The molecule has 0 spiro atoms. The van der Waals surface area contributed by atoms with Crippen molar-refractivity contribution in [2.24, 2.45) is 5.92 Å². The molecule has 0 aliphatic carbocycles. The number of hydrogen-bond donors (Lipinski definition) is 1. The quantitative estimate of drug-likeness (QED) is 0.902. The van der Waals surface area contributed by atoms with E-state index in [1.807, 2.05) is 17.2 Å². The molecular weight excluding hydrogens is 280 g/mol. The molecule has 0 radical (unpaired) electrons. The summed E-state index contributed by atoms with van der Waals surface area (Å²) in [5.41, 5.74) is 1.73. The van der Waals surface area contributed by atoms with Crippen LogP contribution < -0.4 is 0 Å². The summed E-state index contributed by atoms with van der Waals surface area (Å²) in [4.78, 5) is 19.8. The highest BCUT2D eigenvalue weighted by Crippen LogP contribution is 2.17. The van der Waals surface area contributed by atoms with Crippen LogP contribution in [0.4, 0.5) is 0 Å². The highest BCUT2D eigenvalue weighted by Gasteiger charge is 2.29. The van der Waals surface area contributed by atoms with Crippen LogP contribution in [-0.2, 0) is 16.1 Å². The minimum atomic E-state index is 0.0643. The molecule has 1 unspecified atom stereocenters. The Morgan fingerprint density at radius 1 is 1.41 bits per heavy atom. The molecule has 2 saturated heterocycles. The van der Waals surface area contributed by atoms with Gasteiger partial charge in [-0.15, -0.1) is 0 Å². The van der Waals surface area contributed by atoms with Crippen LogP contribution in [0.15, 0.2) is 12.3 Å². The predicted octanol–water partition coefficient (Wildman–Crippen LogP) is 0.957. The molecule has 2 fully saturated rings. The number of ether oxygens (including phenoxy) is 1. The number of carbonyl (C=O) groups excluding carboxylic acids is 1. The van der Waals surface area contributed by atoms with Gasteiger partial charge < -0.3 is 14.6 Å². The van der Waals surface area contributed by atoms with Gasteiger partial charge in [0.05, 0.1) is 12.5 Å². The van der Waals surface area contributed by atoms with Crippen molar-refractivity contribution >= 4 is 5.91 Å². The molecule has 3 rings (SSSR count). The maximum Gasteiger partial charge on any atom is 0.228 e. The number of carbonyl (C=O) groups is 1. The van der Waals surface area contributed by atoms with Crippen LogP contribution in [0.5, 0.6) is 0 Å². The minimum absolute atomic E-state index is 0.0643. The Morgan fingerprint density at radius 3 is 3.05 bits per heavy atom. The Labute approximate surface area is 130 Å². The first-order valence-corrected chi connectivity index (χ1v) is 7.92. The van der Waals surface area contributed by atoms with E-state index in [0.717, 1.165) is 51.1 Å². The van der Waals surface area contributed by atoms with E-state index in [2.05, 4.69) is 16.0 Å². The molecule has 2 aliphatic rings. The van der Waals surface area contributed by atoms with E-state index in [9.17, 15) is 4.79 Å². The fraction of sp³-hybridized carbons (Fsp3) is 0.625. The lowest BCUT2D eigenvalue weighted by molar-refractivity contribution is -0.135. The third-order valence-electron chi connectivity index (χ3n) is 4.45. The molecule has 1 amide bonds. The van der Waals surface area contributed by atoms with Crippen LogP contribution in [-0.4, -0.2) is 60.1 Å². The zero-order valence-corrected chi connectivity index (χ0v) is 12.8. The standard InChI is InChI=1S/C16H22N4O2/c17-9-15-8-13(10-18-15)11-19-3-1-4-20(6-5-19)16(21)14-2-7-22-12-14/h8,10,14,18H,1-7,11-12H2. The number of aromatic amines is 1. The number of amides is 1. The van der Waals surface area contributed by atoms with E-state index in [1.54, 1.807) is 0 Å². The number of nitriles is 1. The van der Waals surface area contributed by atoms with Crippen molar-refractivity contribution < 1.29 is 9.53 Å². The van der Waals surface area contributed by atoms with Gasteiger partial charge in [0.2, 0.25) is 5.91 Å². The first kappa shape index (κ1) is 15.1. The summed E-state index contributed by atoms with van der Waals surface area (Å²) in [5, 5.41) is 8.85. The first-order valence-electron chi connectivity index (χ1n) is 7.92. The Hall–Kier alpha value is -1.84. The molecule has 1 aromatic heterocycles.